The Bertz CT molecular complexity index is 870. The average Bonchev–Trinajstić information content (AvgIpc) is 3.06. The Morgan fingerprint density at radius 3 is 1.86 bits per heavy atom. The number of hydrogen-bond donors (Lipinski definition) is 3. The number of nitrogens with two attached hydrogens (primary N) is 1. The summed E-state index contributed by atoms with van der Waals surface area (Å²) in [4.78, 5) is 0. The van der Waals surface area contributed by atoms with Crippen LogP contribution in [0.25, 0.3) is 11.1 Å². The molecule has 3 aromatic rings. The minimum atomic E-state index is -0.554. The lowest BCUT2D eigenvalue weighted by atomic mass is 9.91. The van der Waals surface area contributed by atoms with Crippen LogP contribution in [0, 0.1) is 0 Å². The van der Waals surface area contributed by atoms with E-state index in [0.29, 0.717) is 6.54 Å². The molecule has 3 aromatic carbocycles. The van der Waals surface area contributed by atoms with Gasteiger partial charge in [0.25, 0.3) is 0 Å². The van der Waals surface area contributed by atoms with E-state index in [1.54, 1.807) is 0 Å². The first kappa shape index (κ1) is 20.6. The molecule has 0 spiro atoms. The van der Waals surface area contributed by atoms with Crippen LogP contribution in [0.5, 0.6) is 0 Å². The molecule has 0 heterocycles. The molecule has 0 amide bonds. The predicted molar refractivity (Wildman–Crippen MR) is 107 cm³/mol. The van der Waals surface area contributed by atoms with Gasteiger partial charge in [-0.05, 0) is 34.7 Å². The van der Waals surface area contributed by atoms with Crippen molar-refractivity contribution in [3.8, 4) is 11.1 Å². The topological polar surface area (TPSA) is 57.1 Å². The molecule has 0 saturated carbocycles. The summed E-state index contributed by atoms with van der Waals surface area (Å²) in [5, 5.41) is 23.6. The largest absolute Gasteiger partial charge is 1.00 e. The van der Waals surface area contributed by atoms with Crippen LogP contribution in [0.3, 0.4) is 0 Å². The number of aliphatic hydroxyl groups excluding tert-OH is 2. The lowest BCUT2D eigenvalue weighted by molar-refractivity contribution is -0.699. The second-order valence-electron chi connectivity index (χ2n) is 7.41. The first-order chi connectivity index (χ1) is 13.2. The monoisotopic (exact) mass is 395 g/mol. The maximum Gasteiger partial charge on any atom is 0.130 e. The van der Waals surface area contributed by atoms with E-state index in [-0.39, 0.29) is 24.4 Å². The third kappa shape index (κ3) is 3.85. The summed E-state index contributed by atoms with van der Waals surface area (Å²) >= 11 is 0. The summed E-state index contributed by atoms with van der Waals surface area (Å²) in [5.74, 6) is -0.0188. The van der Waals surface area contributed by atoms with E-state index in [4.69, 9.17) is 0 Å². The van der Waals surface area contributed by atoms with Crippen LogP contribution in [0.1, 0.15) is 35.6 Å². The number of quaternary nitrogens is 1. The van der Waals surface area contributed by atoms with Gasteiger partial charge < -0.3 is 27.9 Å². The predicted octanol–water partition coefficient (Wildman–Crippen LogP) is -0.151. The molecule has 0 aromatic heterocycles. The SMILES string of the molecule is CC([NH2+]CC(O)C1c2ccccc2-c2ccccc21)C(O)c1ccccc1.[Cl-]. The van der Waals surface area contributed by atoms with Gasteiger partial charge in [0.05, 0.1) is 0 Å². The molecule has 0 aliphatic heterocycles. The average molecular weight is 396 g/mol. The van der Waals surface area contributed by atoms with E-state index in [2.05, 4.69) is 36.4 Å². The summed E-state index contributed by atoms with van der Waals surface area (Å²) < 4.78 is 0. The molecule has 0 fully saturated rings. The molecular formula is C24H26ClNO2. The fraction of sp³-hybridized carbons (Fsp3) is 0.250. The standard InChI is InChI=1S/C24H25NO2.ClH/c1-16(24(27)17-9-3-2-4-10-17)25-15-22(26)23-20-13-7-5-11-18(20)19-12-6-8-14-21(19)23;/h2-14,16,22-27H,15H2,1H3;1H. The number of aliphatic hydroxyl groups is 2. The number of hydrogen-bond acceptors (Lipinski definition) is 2. The van der Waals surface area contributed by atoms with Crippen LogP contribution in [-0.4, -0.2) is 28.9 Å². The zero-order chi connectivity index (χ0) is 18.8. The Morgan fingerprint density at radius 2 is 1.29 bits per heavy atom. The Hall–Kier alpha value is -2.17. The van der Waals surface area contributed by atoms with Crippen LogP contribution in [-0.2, 0) is 0 Å². The van der Waals surface area contributed by atoms with Crippen LogP contribution >= 0.6 is 0 Å². The van der Waals surface area contributed by atoms with Gasteiger partial charge >= 0.3 is 0 Å². The van der Waals surface area contributed by atoms with E-state index in [9.17, 15) is 10.2 Å². The Labute approximate surface area is 172 Å². The van der Waals surface area contributed by atoms with Gasteiger partial charge in [-0.3, -0.25) is 0 Å². The van der Waals surface area contributed by atoms with Crippen molar-refractivity contribution in [3.05, 3.63) is 95.6 Å². The van der Waals surface area contributed by atoms with Crippen LogP contribution in [0.4, 0.5) is 0 Å². The van der Waals surface area contributed by atoms with Crippen LogP contribution < -0.4 is 17.7 Å². The fourth-order valence-corrected chi connectivity index (χ4v) is 4.18. The van der Waals surface area contributed by atoms with Crippen LogP contribution in [0.2, 0.25) is 0 Å². The highest BCUT2D eigenvalue weighted by Crippen LogP contribution is 2.45. The lowest BCUT2D eigenvalue weighted by Gasteiger charge is -2.23. The quantitative estimate of drug-likeness (QED) is 0.543. The van der Waals surface area contributed by atoms with E-state index in [1.165, 1.54) is 22.3 Å². The molecule has 0 radical (unpaired) electrons. The van der Waals surface area contributed by atoms with E-state index >= 15 is 0 Å². The molecule has 28 heavy (non-hydrogen) atoms. The van der Waals surface area contributed by atoms with Gasteiger partial charge in [0.2, 0.25) is 0 Å². The van der Waals surface area contributed by atoms with E-state index in [0.717, 1.165) is 5.56 Å². The van der Waals surface area contributed by atoms with Crippen molar-refractivity contribution in [1.29, 1.82) is 0 Å². The Morgan fingerprint density at radius 1 is 0.786 bits per heavy atom. The highest BCUT2D eigenvalue weighted by Gasteiger charge is 2.34. The first-order valence-corrected chi connectivity index (χ1v) is 9.59. The number of halogens is 1. The second kappa shape index (κ2) is 8.89. The molecule has 3 nitrogen and oxygen atoms in total. The van der Waals surface area contributed by atoms with Gasteiger partial charge in [-0.25, -0.2) is 0 Å². The highest BCUT2D eigenvalue weighted by atomic mass is 35.5. The Balaban J connectivity index is 0.00000225. The third-order valence-corrected chi connectivity index (χ3v) is 5.66. The van der Waals surface area contributed by atoms with Crippen molar-refractivity contribution in [2.75, 3.05) is 6.54 Å². The maximum absolute atomic E-state index is 11.0. The zero-order valence-electron chi connectivity index (χ0n) is 15.9. The van der Waals surface area contributed by atoms with Gasteiger partial charge in [0.15, 0.2) is 0 Å². The van der Waals surface area contributed by atoms with E-state index < -0.39 is 12.2 Å². The van der Waals surface area contributed by atoms with Gasteiger partial charge in [-0.1, -0.05) is 78.9 Å². The van der Waals surface area contributed by atoms with Crippen molar-refractivity contribution in [2.45, 2.75) is 31.1 Å². The summed E-state index contributed by atoms with van der Waals surface area (Å²) in [7, 11) is 0. The van der Waals surface area contributed by atoms with Crippen molar-refractivity contribution in [2.24, 2.45) is 0 Å². The minimum absolute atomic E-state index is 0. The molecule has 3 atom stereocenters. The molecule has 146 valence electrons. The smallest absolute Gasteiger partial charge is 0.130 e. The zero-order valence-corrected chi connectivity index (χ0v) is 16.6. The summed E-state index contributed by atoms with van der Waals surface area (Å²) in [6.07, 6.45) is -1.07. The molecule has 1 aliphatic rings. The maximum atomic E-state index is 11.0. The van der Waals surface area contributed by atoms with Crippen molar-refractivity contribution in [3.63, 3.8) is 0 Å². The highest BCUT2D eigenvalue weighted by molar-refractivity contribution is 5.79. The molecule has 3 unspecified atom stereocenters. The molecule has 0 bridgehead atoms. The summed E-state index contributed by atoms with van der Waals surface area (Å²) in [6.45, 7) is 2.54. The second-order valence-corrected chi connectivity index (χ2v) is 7.41. The molecule has 1 aliphatic carbocycles. The third-order valence-electron chi connectivity index (χ3n) is 5.66. The van der Waals surface area contributed by atoms with Gasteiger partial charge in [-0.2, -0.15) is 0 Å². The van der Waals surface area contributed by atoms with Gasteiger partial charge in [0.1, 0.15) is 24.8 Å². The minimum Gasteiger partial charge on any atom is -1.00 e. The van der Waals surface area contributed by atoms with Crippen molar-refractivity contribution in [1.82, 2.24) is 0 Å². The number of fused-ring (bicyclic) bond motifs is 3. The molecule has 4 rings (SSSR count). The van der Waals surface area contributed by atoms with Crippen molar-refractivity contribution < 1.29 is 27.9 Å². The molecule has 0 saturated heterocycles. The summed E-state index contributed by atoms with van der Waals surface area (Å²) in [6, 6.07) is 26.3. The molecule has 4 N–H and O–H groups in total. The van der Waals surface area contributed by atoms with Gasteiger partial charge in [-0.15, -0.1) is 0 Å². The number of rotatable bonds is 6. The molecule has 4 heteroatoms. The summed E-state index contributed by atoms with van der Waals surface area (Å²) in [5.41, 5.74) is 5.73. The van der Waals surface area contributed by atoms with Crippen molar-refractivity contribution >= 4 is 0 Å². The lowest BCUT2D eigenvalue weighted by Crippen LogP contribution is -3.00. The van der Waals surface area contributed by atoms with E-state index in [1.807, 2.05) is 54.7 Å². The molecular weight excluding hydrogens is 370 g/mol. The Kier molecular flexibility index (Phi) is 6.53. The normalized spacial score (nSPS) is 15.8. The van der Waals surface area contributed by atoms with Crippen LogP contribution in [0.15, 0.2) is 78.9 Å². The first-order valence-electron chi connectivity index (χ1n) is 9.59. The van der Waals surface area contributed by atoms with Gasteiger partial charge in [0, 0.05) is 5.92 Å². The fourth-order valence-electron chi connectivity index (χ4n) is 4.18. The number of benzene rings is 3.